The largest absolute Gasteiger partial charge is 0.348 e. The van der Waals surface area contributed by atoms with E-state index in [9.17, 15) is 8.78 Å². The zero-order chi connectivity index (χ0) is 21.1. The van der Waals surface area contributed by atoms with Gasteiger partial charge in [-0.3, -0.25) is 4.57 Å². The van der Waals surface area contributed by atoms with E-state index in [-0.39, 0.29) is 11.7 Å². The van der Waals surface area contributed by atoms with E-state index in [0.29, 0.717) is 17.3 Å². The first-order valence-corrected chi connectivity index (χ1v) is 9.60. The van der Waals surface area contributed by atoms with Gasteiger partial charge in [0.05, 0.1) is 23.1 Å². The summed E-state index contributed by atoms with van der Waals surface area (Å²) in [5, 5.41) is 3.24. The van der Waals surface area contributed by atoms with Crippen molar-refractivity contribution in [3.63, 3.8) is 0 Å². The highest BCUT2D eigenvalue weighted by molar-refractivity contribution is 5.77. The summed E-state index contributed by atoms with van der Waals surface area (Å²) in [6.07, 6.45) is 2.71. The molecular weight excluding hydrogens is 384 g/mol. The van der Waals surface area contributed by atoms with Gasteiger partial charge in [-0.15, -0.1) is 0 Å². The Morgan fingerprint density at radius 2 is 1.67 bits per heavy atom. The van der Waals surface area contributed by atoms with Crippen molar-refractivity contribution in [3.8, 4) is 22.6 Å². The second kappa shape index (κ2) is 8.41. The molecule has 0 spiro atoms. The van der Waals surface area contributed by atoms with Crippen molar-refractivity contribution in [1.82, 2.24) is 19.5 Å². The topological polar surface area (TPSA) is 55.6 Å². The molecule has 2 heterocycles. The Morgan fingerprint density at radius 3 is 2.37 bits per heavy atom. The standard InChI is InChI=1S/C23H21F2N5/c1-15-8-10-18(11-9-15)20-21(30(14-27-20)22(24)25)19-12-13-26-23(29-19)28-16(2)17-6-4-3-5-7-17/h3-14,16,22H,1-2H3,(H,26,28,29). The lowest BCUT2D eigenvalue weighted by Crippen LogP contribution is -2.10. The predicted molar refractivity (Wildman–Crippen MR) is 113 cm³/mol. The average molecular weight is 405 g/mol. The number of benzene rings is 2. The minimum atomic E-state index is -2.73. The minimum Gasteiger partial charge on any atom is -0.348 e. The van der Waals surface area contributed by atoms with Crippen LogP contribution in [-0.2, 0) is 0 Å². The molecule has 5 nitrogen and oxygen atoms in total. The highest BCUT2D eigenvalue weighted by atomic mass is 19.3. The third-order valence-corrected chi connectivity index (χ3v) is 4.87. The van der Waals surface area contributed by atoms with Gasteiger partial charge in [0, 0.05) is 11.8 Å². The summed E-state index contributed by atoms with van der Waals surface area (Å²) in [6, 6.07) is 19.0. The molecule has 0 bridgehead atoms. The Kier molecular flexibility index (Phi) is 5.52. The molecule has 0 saturated heterocycles. The lowest BCUT2D eigenvalue weighted by molar-refractivity contribution is 0.0718. The molecule has 0 saturated carbocycles. The van der Waals surface area contributed by atoms with Crippen molar-refractivity contribution >= 4 is 5.95 Å². The fourth-order valence-electron chi connectivity index (χ4n) is 3.26. The van der Waals surface area contributed by atoms with Gasteiger partial charge in [0.25, 0.3) is 0 Å². The van der Waals surface area contributed by atoms with Gasteiger partial charge >= 0.3 is 6.55 Å². The summed E-state index contributed by atoms with van der Waals surface area (Å²) in [5.41, 5.74) is 3.99. The molecule has 2 aromatic heterocycles. The van der Waals surface area contributed by atoms with Gasteiger partial charge in [0.1, 0.15) is 6.33 Å². The summed E-state index contributed by atoms with van der Waals surface area (Å²) in [6.45, 7) is 1.23. The molecule has 1 atom stereocenters. The summed E-state index contributed by atoms with van der Waals surface area (Å²) < 4.78 is 28.2. The van der Waals surface area contributed by atoms with E-state index in [1.54, 1.807) is 12.3 Å². The van der Waals surface area contributed by atoms with Crippen LogP contribution in [0.2, 0.25) is 0 Å². The fraction of sp³-hybridized carbons (Fsp3) is 0.174. The third kappa shape index (κ3) is 4.05. The van der Waals surface area contributed by atoms with Crippen molar-refractivity contribution in [2.24, 2.45) is 0 Å². The minimum absolute atomic E-state index is 0.0435. The first kappa shape index (κ1) is 19.7. The zero-order valence-corrected chi connectivity index (χ0v) is 16.6. The number of imidazole rings is 1. The lowest BCUT2D eigenvalue weighted by Gasteiger charge is -2.15. The van der Waals surface area contributed by atoms with Crippen molar-refractivity contribution in [1.29, 1.82) is 0 Å². The second-order valence-electron chi connectivity index (χ2n) is 7.03. The van der Waals surface area contributed by atoms with Crippen LogP contribution in [0.25, 0.3) is 22.6 Å². The summed E-state index contributed by atoms with van der Waals surface area (Å²) in [5.74, 6) is 0.362. The molecule has 0 aliphatic rings. The summed E-state index contributed by atoms with van der Waals surface area (Å²) in [7, 11) is 0. The van der Waals surface area contributed by atoms with E-state index in [1.807, 2.05) is 68.4 Å². The maximum atomic E-state index is 13.7. The van der Waals surface area contributed by atoms with E-state index in [2.05, 4.69) is 20.3 Å². The van der Waals surface area contributed by atoms with Crippen LogP contribution in [-0.4, -0.2) is 19.5 Å². The third-order valence-electron chi connectivity index (χ3n) is 4.87. The smallest absolute Gasteiger partial charge is 0.320 e. The van der Waals surface area contributed by atoms with Crippen molar-refractivity contribution in [2.45, 2.75) is 26.4 Å². The molecule has 0 aliphatic heterocycles. The lowest BCUT2D eigenvalue weighted by atomic mass is 10.1. The summed E-state index contributed by atoms with van der Waals surface area (Å²) in [4.78, 5) is 13.0. The van der Waals surface area contributed by atoms with Gasteiger partial charge in [-0.1, -0.05) is 60.2 Å². The molecule has 152 valence electrons. The number of aryl methyl sites for hydroxylation is 1. The molecule has 4 aromatic rings. The SMILES string of the molecule is Cc1ccc(-c2ncn(C(F)F)c2-c2ccnc(NC(C)c3ccccc3)n2)cc1. The zero-order valence-electron chi connectivity index (χ0n) is 16.6. The number of anilines is 1. The predicted octanol–water partition coefficient (Wildman–Crippen LogP) is 5.88. The molecule has 1 unspecified atom stereocenters. The van der Waals surface area contributed by atoms with Crippen LogP contribution in [0, 0.1) is 6.92 Å². The molecule has 2 aromatic carbocycles. The number of halogens is 2. The number of hydrogen-bond acceptors (Lipinski definition) is 4. The van der Waals surface area contributed by atoms with Gasteiger partial charge in [0.2, 0.25) is 5.95 Å². The Labute approximate surface area is 173 Å². The summed E-state index contributed by atoms with van der Waals surface area (Å²) >= 11 is 0. The molecule has 0 aliphatic carbocycles. The molecule has 30 heavy (non-hydrogen) atoms. The van der Waals surface area contributed by atoms with Gasteiger partial charge in [-0.2, -0.15) is 8.78 Å². The number of nitrogens with zero attached hydrogens (tertiary/aromatic N) is 4. The second-order valence-corrected chi connectivity index (χ2v) is 7.03. The monoisotopic (exact) mass is 405 g/mol. The fourth-order valence-corrected chi connectivity index (χ4v) is 3.26. The number of alkyl halides is 2. The normalized spacial score (nSPS) is 12.2. The van der Waals surface area contributed by atoms with Crippen molar-refractivity contribution in [3.05, 3.63) is 84.3 Å². The molecule has 1 N–H and O–H groups in total. The van der Waals surface area contributed by atoms with E-state index in [1.165, 1.54) is 0 Å². The number of aromatic nitrogens is 4. The van der Waals surface area contributed by atoms with E-state index >= 15 is 0 Å². The quantitative estimate of drug-likeness (QED) is 0.435. The Bertz CT molecular complexity index is 1120. The van der Waals surface area contributed by atoms with Gasteiger partial charge < -0.3 is 5.32 Å². The Hall–Kier alpha value is -3.61. The Balaban J connectivity index is 1.72. The Morgan fingerprint density at radius 1 is 0.933 bits per heavy atom. The maximum absolute atomic E-state index is 13.7. The molecule has 0 fully saturated rings. The van der Waals surface area contributed by atoms with Crippen LogP contribution in [0.15, 0.2) is 73.2 Å². The average Bonchev–Trinajstić information content (AvgIpc) is 3.21. The van der Waals surface area contributed by atoms with Crippen LogP contribution < -0.4 is 5.32 Å². The van der Waals surface area contributed by atoms with Crippen LogP contribution in [0.4, 0.5) is 14.7 Å². The highest BCUT2D eigenvalue weighted by Crippen LogP contribution is 2.33. The van der Waals surface area contributed by atoms with Gasteiger partial charge in [-0.25, -0.2) is 15.0 Å². The van der Waals surface area contributed by atoms with Gasteiger partial charge in [0.15, 0.2) is 0 Å². The first-order chi connectivity index (χ1) is 14.5. The molecular formula is C23H21F2N5. The first-order valence-electron chi connectivity index (χ1n) is 9.60. The van der Waals surface area contributed by atoms with Crippen LogP contribution in [0.3, 0.4) is 0 Å². The highest BCUT2D eigenvalue weighted by Gasteiger charge is 2.21. The van der Waals surface area contributed by atoms with E-state index < -0.39 is 6.55 Å². The van der Waals surface area contributed by atoms with Crippen LogP contribution in [0.5, 0.6) is 0 Å². The van der Waals surface area contributed by atoms with E-state index in [4.69, 9.17) is 0 Å². The van der Waals surface area contributed by atoms with E-state index in [0.717, 1.165) is 27.6 Å². The number of hydrogen-bond donors (Lipinski definition) is 1. The molecule has 7 heteroatoms. The van der Waals surface area contributed by atoms with Crippen molar-refractivity contribution in [2.75, 3.05) is 5.32 Å². The van der Waals surface area contributed by atoms with Crippen LogP contribution >= 0.6 is 0 Å². The van der Waals surface area contributed by atoms with Gasteiger partial charge in [-0.05, 0) is 25.5 Å². The molecule has 0 radical (unpaired) electrons. The van der Waals surface area contributed by atoms with Crippen molar-refractivity contribution < 1.29 is 8.78 Å². The number of nitrogens with one attached hydrogen (secondary N) is 1. The maximum Gasteiger partial charge on any atom is 0.320 e. The number of rotatable bonds is 6. The molecule has 4 rings (SSSR count). The van der Waals surface area contributed by atoms with Crippen LogP contribution in [0.1, 0.15) is 30.6 Å². The molecule has 0 amide bonds.